The summed E-state index contributed by atoms with van der Waals surface area (Å²) in [5.74, 6) is 1.09. The summed E-state index contributed by atoms with van der Waals surface area (Å²) >= 11 is 1.91. The van der Waals surface area contributed by atoms with Crippen molar-refractivity contribution in [1.82, 2.24) is 19.6 Å². The van der Waals surface area contributed by atoms with E-state index in [1.54, 1.807) is 0 Å². The second-order valence-electron chi connectivity index (χ2n) is 6.85. The number of hydrogen-bond acceptors (Lipinski definition) is 5. The van der Waals surface area contributed by atoms with Gasteiger partial charge in [0, 0.05) is 43.4 Å². The maximum Gasteiger partial charge on any atom is 0.110 e. The molecular formula is C19H28N4OS. The van der Waals surface area contributed by atoms with E-state index in [0.29, 0.717) is 6.54 Å². The van der Waals surface area contributed by atoms with Crippen LogP contribution in [0.2, 0.25) is 0 Å². The lowest BCUT2D eigenvalue weighted by Crippen LogP contribution is -2.25. The van der Waals surface area contributed by atoms with Crippen LogP contribution in [0.5, 0.6) is 0 Å². The van der Waals surface area contributed by atoms with Crippen molar-refractivity contribution in [1.29, 1.82) is 0 Å². The number of fused-ring (bicyclic) bond motifs is 1. The standard InChI is InChI=1S/C19H28N4OS/c1-21(2)15-19(24)18-13-16-14-22(9-6-10-23(16)20-18)11-12-25-17-7-4-3-5-8-17/h3-5,7-8,13,19,24H,6,9-12,14-15H2,1-2H3/t19-/m1/s1. The van der Waals surface area contributed by atoms with Crippen molar-refractivity contribution in [2.24, 2.45) is 0 Å². The maximum atomic E-state index is 10.3. The Morgan fingerprint density at radius 2 is 2.04 bits per heavy atom. The van der Waals surface area contributed by atoms with Crippen LogP contribution in [0.15, 0.2) is 41.3 Å². The van der Waals surface area contributed by atoms with Gasteiger partial charge in [-0.3, -0.25) is 9.58 Å². The Morgan fingerprint density at radius 1 is 1.24 bits per heavy atom. The Bertz CT molecular complexity index is 659. The first kappa shape index (κ1) is 18.5. The van der Waals surface area contributed by atoms with E-state index in [0.717, 1.165) is 44.0 Å². The van der Waals surface area contributed by atoms with Crippen LogP contribution < -0.4 is 0 Å². The lowest BCUT2D eigenvalue weighted by molar-refractivity contribution is 0.133. The number of hydrogen-bond donors (Lipinski definition) is 1. The zero-order chi connectivity index (χ0) is 17.6. The fourth-order valence-corrected chi connectivity index (χ4v) is 4.09. The largest absolute Gasteiger partial charge is 0.385 e. The number of benzene rings is 1. The Morgan fingerprint density at radius 3 is 2.80 bits per heavy atom. The lowest BCUT2D eigenvalue weighted by atomic mass is 10.2. The second-order valence-corrected chi connectivity index (χ2v) is 8.02. The predicted octanol–water partition coefficient (Wildman–Crippen LogP) is 2.48. The van der Waals surface area contributed by atoms with Crippen LogP contribution in [0.1, 0.15) is 23.9 Å². The molecule has 25 heavy (non-hydrogen) atoms. The average molecular weight is 361 g/mol. The molecule has 0 radical (unpaired) electrons. The van der Waals surface area contributed by atoms with Gasteiger partial charge in [-0.1, -0.05) is 18.2 Å². The lowest BCUT2D eigenvalue weighted by Gasteiger charge is -2.19. The zero-order valence-corrected chi connectivity index (χ0v) is 16.0. The van der Waals surface area contributed by atoms with E-state index < -0.39 is 6.10 Å². The number of thioether (sulfide) groups is 1. The summed E-state index contributed by atoms with van der Waals surface area (Å²) in [6.45, 7) is 4.63. The van der Waals surface area contributed by atoms with E-state index in [2.05, 4.69) is 51.1 Å². The Kier molecular flexibility index (Phi) is 6.53. The van der Waals surface area contributed by atoms with Crippen molar-refractivity contribution in [3.63, 3.8) is 0 Å². The highest BCUT2D eigenvalue weighted by molar-refractivity contribution is 7.99. The fraction of sp³-hybridized carbons (Fsp3) is 0.526. The summed E-state index contributed by atoms with van der Waals surface area (Å²) in [5.41, 5.74) is 2.01. The third-order valence-corrected chi connectivity index (χ3v) is 5.40. The van der Waals surface area contributed by atoms with Crippen molar-refractivity contribution in [2.75, 3.05) is 39.5 Å². The molecule has 0 saturated carbocycles. The smallest absolute Gasteiger partial charge is 0.110 e. The summed E-state index contributed by atoms with van der Waals surface area (Å²) in [4.78, 5) is 5.82. The Hall–Kier alpha value is -1.34. The molecule has 3 rings (SSSR count). The summed E-state index contributed by atoms with van der Waals surface area (Å²) in [6.07, 6.45) is 0.588. The van der Waals surface area contributed by atoms with Crippen molar-refractivity contribution >= 4 is 11.8 Å². The van der Waals surface area contributed by atoms with Gasteiger partial charge in [0.15, 0.2) is 0 Å². The molecule has 1 atom stereocenters. The SMILES string of the molecule is CN(C)C[C@@H](O)c1cc2n(n1)CCCN(CCSc1ccccc1)C2. The number of aliphatic hydroxyl groups is 1. The van der Waals surface area contributed by atoms with Gasteiger partial charge in [-0.15, -0.1) is 11.8 Å². The van der Waals surface area contributed by atoms with E-state index in [-0.39, 0.29) is 0 Å². The molecule has 1 aliphatic heterocycles. The normalized spacial score (nSPS) is 16.6. The highest BCUT2D eigenvalue weighted by Crippen LogP contribution is 2.20. The van der Waals surface area contributed by atoms with E-state index in [1.807, 2.05) is 30.8 Å². The molecule has 0 spiro atoms. The second kappa shape index (κ2) is 8.85. The number of nitrogens with zero attached hydrogens (tertiary/aromatic N) is 4. The van der Waals surface area contributed by atoms with Crippen LogP contribution in [0.4, 0.5) is 0 Å². The summed E-state index contributed by atoms with van der Waals surface area (Å²) in [5, 5.41) is 14.9. The molecule has 0 bridgehead atoms. The van der Waals surface area contributed by atoms with Crippen molar-refractivity contribution in [3.8, 4) is 0 Å². The molecule has 0 aliphatic carbocycles. The van der Waals surface area contributed by atoms with Gasteiger partial charge >= 0.3 is 0 Å². The highest BCUT2D eigenvalue weighted by atomic mass is 32.2. The molecule has 2 aromatic rings. The van der Waals surface area contributed by atoms with Gasteiger partial charge in [-0.2, -0.15) is 5.10 Å². The topological polar surface area (TPSA) is 44.5 Å². The Labute approximate surface area is 154 Å². The highest BCUT2D eigenvalue weighted by Gasteiger charge is 2.20. The number of aryl methyl sites for hydroxylation is 1. The third-order valence-electron chi connectivity index (χ3n) is 4.41. The van der Waals surface area contributed by atoms with Crippen molar-refractivity contribution in [3.05, 3.63) is 47.8 Å². The summed E-state index contributed by atoms with van der Waals surface area (Å²) in [7, 11) is 3.94. The average Bonchev–Trinajstić information content (AvgIpc) is 2.89. The molecule has 0 saturated heterocycles. The molecular weight excluding hydrogens is 332 g/mol. The summed E-state index contributed by atoms with van der Waals surface area (Å²) in [6, 6.07) is 12.7. The van der Waals surface area contributed by atoms with Gasteiger partial charge in [0.25, 0.3) is 0 Å². The molecule has 1 aromatic carbocycles. The molecule has 1 N–H and O–H groups in total. The van der Waals surface area contributed by atoms with Gasteiger partial charge < -0.3 is 10.0 Å². The predicted molar refractivity (Wildman–Crippen MR) is 103 cm³/mol. The monoisotopic (exact) mass is 360 g/mol. The quantitative estimate of drug-likeness (QED) is 0.769. The fourth-order valence-electron chi connectivity index (χ4n) is 3.15. The minimum absolute atomic E-state index is 0.517. The van der Waals surface area contributed by atoms with Crippen molar-refractivity contribution in [2.45, 2.75) is 30.5 Å². The van der Waals surface area contributed by atoms with Gasteiger partial charge in [0.05, 0.1) is 11.4 Å². The van der Waals surface area contributed by atoms with Crippen LogP contribution in [0.25, 0.3) is 0 Å². The van der Waals surface area contributed by atoms with E-state index >= 15 is 0 Å². The van der Waals surface area contributed by atoms with Crippen LogP contribution in [-0.4, -0.2) is 64.2 Å². The minimum atomic E-state index is -0.517. The third kappa shape index (κ3) is 5.31. The summed E-state index contributed by atoms with van der Waals surface area (Å²) < 4.78 is 2.08. The van der Waals surface area contributed by atoms with Crippen molar-refractivity contribution < 1.29 is 5.11 Å². The van der Waals surface area contributed by atoms with Gasteiger partial charge in [-0.05, 0) is 38.7 Å². The first-order valence-corrected chi connectivity index (χ1v) is 9.90. The van der Waals surface area contributed by atoms with Crippen LogP contribution in [0.3, 0.4) is 0 Å². The van der Waals surface area contributed by atoms with Crippen LogP contribution in [-0.2, 0) is 13.1 Å². The van der Waals surface area contributed by atoms with Gasteiger partial charge in [-0.25, -0.2) is 0 Å². The number of likely N-dealkylation sites (N-methyl/N-ethyl adjacent to an activating group) is 1. The Balaban J connectivity index is 1.56. The number of rotatable bonds is 7. The molecule has 1 aliphatic rings. The molecule has 0 fully saturated rings. The zero-order valence-electron chi connectivity index (χ0n) is 15.1. The molecule has 2 heterocycles. The minimum Gasteiger partial charge on any atom is -0.385 e. The first-order chi connectivity index (χ1) is 12.1. The van der Waals surface area contributed by atoms with E-state index in [9.17, 15) is 5.11 Å². The molecule has 5 nitrogen and oxygen atoms in total. The molecule has 6 heteroatoms. The van der Waals surface area contributed by atoms with Crippen LogP contribution >= 0.6 is 11.8 Å². The molecule has 136 valence electrons. The first-order valence-electron chi connectivity index (χ1n) is 8.91. The maximum absolute atomic E-state index is 10.3. The van der Waals surface area contributed by atoms with Gasteiger partial charge in [0.2, 0.25) is 0 Å². The van der Waals surface area contributed by atoms with E-state index in [4.69, 9.17) is 0 Å². The number of aliphatic hydroxyl groups excluding tert-OH is 1. The molecule has 1 aromatic heterocycles. The molecule has 0 amide bonds. The van der Waals surface area contributed by atoms with Gasteiger partial charge in [0.1, 0.15) is 6.10 Å². The van der Waals surface area contributed by atoms with E-state index in [1.165, 1.54) is 10.6 Å². The van der Waals surface area contributed by atoms with Crippen LogP contribution in [0, 0.1) is 0 Å². The number of aromatic nitrogens is 2. The molecule has 0 unspecified atom stereocenters.